The summed E-state index contributed by atoms with van der Waals surface area (Å²) in [7, 11) is 3.16. The highest BCUT2D eigenvalue weighted by molar-refractivity contribution is 5.95. The van der Waals surface area contributed by atoms with Crippen LogP contribution in [0.25, 0.3) is 0 Å². The van der Waals surface area contributed by atoms with Gasteiger partial charge in [-0.25, -0.2) is 5.43 Å². The molecule has 0 saturated heterocycles. The molecule has 0 unspecified atom stereocenters. The first-order valence-electron chi connectivity index (χ1n) is 8.00. The Hall–Kier alpha value is -2.82. The van der Waals surface area contributed by atoms with E-state index in [1.54, 1.807) is 50.8 Å². The number of nitrogens with one attached hydrogen (secondary N) is 1. The molecule has 0 radical (unpaired) electrons. The van der Waals surface area contributed by atoms with E-state index in [0.717, 1.165) is 5.56 Å². The molecule has 5 nitrogen and oxygen atoms in total. The number of nitrogens with zero attached hydrogens (tertiary/aromatic N) is 1. The molecule has 2 rings (SSSR count). The van der Waals surface area contributed by atoms with Crippen LogP contribution < -0.4 is 14.9 Å². The maximum atomic E-state index is 12.2. The second-order valence-corrected chi connectivity index (χ2v) is 6.67. The monoisotopic (exact) mass is 340 g/mol. The number of hydrogen-bond acceptors (Lipinski definition) is 4. The molecule has 0 aliphatic heterocycles. The largest absolute Gasteiger partial charge is 0.497 e. The molecule has 0 fully saturated rings. The van der Waals surface area contributed by atoms with Crippen LogP contribution in [0.3, 0.4) is 0 Å². The fraction of sp³-hybridized carbons (Fsp3) is 0.300. The molecule has 5 heteroatoms. The van der Waals surface area contributed by atoms with Gasteiger partial charge in [0.2, 0.25) is 0 Å². The van der Waals surface area contributed by atoms with E-state index in [0.29, 0.717) is 17.1 Å². The summed E-state index contributed by atoms with van der Waals surface area (Å²) in [5, 5.41) is 4.00. The zero-order valence-electron chi connectivity index (χ0n) is 15.3. The molecule has 132 valence electrons. The molecule has 0 aliphatic carbocycles. The van der Waals surface area contributed by atoms with Crippen molar-refractivity contribution in [2.45, 2.75) is 26.2 Å². The van der Waals surface area contributed by atoms with Gasteiger partial charge in [-0.1, -0.05) is 32.9 Å². The molecule has 0 aliphatic rings. The maximum Gasteiger partial charge on any atom is 0.271 e. The van der Waals surface area contributed by atoms with Crippen molar-refractivity contribution < 1.29 is 14.3 Å². The van der Waals surface area contributed by atoms with Crippen molar-refractivity contribution >= 4 is 12.1 Å². The van der Waals surface area contributed by atoms with E-state index in [1.165, 1.54) is 5.56 Å². The van der Waals surface area contributed by atoms with E-state index in [1.807, 2.05) is 12.1 Å². The summed E-state index contributed by atoms with van der Waals surface area (Å²) in [6, 6.07) is 12.9. The summed E-state index contributed by atoms with van der Waals surface area (Å²) in [6.07, 6.45) is 1.55. The normalized spacial score (nSPS) is 11.4. The SMILES string of the molecule is COc1cc(/C=N\NC(=O)c2ccc(C(C)(C)C)cc2)cc(OC)c1. The average Bonchev–Trinajstić information content (AvgIpc) is 2.60. The first-order chi connectivity index (χ1) is 11.8. The minimum Gasteiger partial charge on any atom is -0.497 e. The van der Waals surface area contributed by atoms with Crippen molar-refractivity contribution in [3.8, 4) is 11.5 Å². The first-order valence-corrected chi connectivity index (χ1v) is 8.00. The Kier molecular flexibility index (Phi) is 5.80. The van der Waals surface area contributed by atoms with Gasteiger partial charge in [-0.3, -0.25) is 4.79 Å². The van der Waals surface area contributed by atoms with Gasteiger partial charge < -0.3 is 9.47 Å². The van der Waals surface area contributed by atoms with Gasteiger partial charge in [-0.2, -0.15) is 5.10 Å². The molecule has 0 bridgehead atoms. The smallest absolute Gasteiger partial charge is 0.271 e. The molecule has 0 spiro atoms. The van der Waals surface area contributed by atoms with Crippen LogP contribution in [0.15, 0.2) is 47.6 Å². The summed E-state index contributed by atoms with van der Waals surface area (Å²) < 4.78 is 10.4. The number of hydrazone groups is 1. The van der Waals surface area contributed by atoms with Crippen LogP contribution in [0.2, 0.25) is 0 Å². The molecule has 0 saturated carbocycles. The Morgan fingerprint density at radius 2 is 1.56 bits per heavy atom. The van der Waals surface area contributed by atoms with Crippen LogP contribution in [0.1, 0.15) is 42.3 Å². The molecule has 0 atom stereocenters. The van der Waals surface area contributed by atoms with E-state index in [-0.39, 0.29) is 11.3 Å². The fourth-order valence-electron chi connectivity index (χ4n) is 2.26. The Morgan fingerprint density at radius 3 is 2.04 bits per heavy atom. The van der Waals surface area contributed by atoms with Gasteiger partial charge in [-0.05, 0) is 35.2 Å². The van der Waals surface area contributed by atoms with Crippen LogP contribution in [0.5, 0.6) is 11.5 Å². The van der Waals surface area contributed by atoms with Crippen molar-refractivity contribution in [1.29, 1.82) is 0 Å². The van der Waals surface area contributed by atoms with Crippen LogP contribution in [0.4, 0.5) is 0 Å². The lowest BCUT2D eigenvalue weighted by Crippen LogP contribution is -2.18. The van der Waals surface area contributed by atoms with Gasteiger partial charge in [0.1, 0.15) is 11.5 Å². The Labute approximate surface area is 148 Å². The Morgan fingerprint density at radius 1 is 1.00 bits per heavy atom. The van der Waals surface area contributed by atoms with Crippen LogP contribution >= 0.6 is 0 Å². The average molecular weight is 340 g/mol. The summed E-state index contributed by atoms with van der Waals surface area (Å²) in [4.78, 5) is 12.2. The number of ether oxygens (including phenoxy) is 2. The molecular formula is C20H24N2O3. The minimum absolute atomic E-state index is 0.0541. The highest BCUT2D eigenvalue weighted by Crippen LogP contribution is 2.22. The molecule has 0 heterocycles. The third-order valence-corrected chi connectivity index (χ3v) is 3.77. The van der Waals surface area contributed by atoms with Gasteiger partial charge in [0.25, 0.3) is 5.91 Å². The van der Waals surface area contributed by atoms with E-state index in [2.05, 4.69) is 31.3 Å². The predicted molar refractivity (Wildman–Crippen MR) is 99.7 cm³/mol. The number of rotatable bonds is 5. The third-order valence-electron chi connectivity index (χ3n) is 3.77. The van der Waals surface area contributed by atoms with Crippen LogP contribution in [0, 0.1) is 0 Å². The lowest BCUT2D eigenvalue weighted by molar-refractivity contribution is 0.0955. The number of hydrogen-bond donors (Lipinski definition) is 1. The summed E-state index contributed by atoms with van der Waals surface area (Å²) >= 11 is 0. The summed E-state index contributed by atoms with van der Waals surface area (Å²) in [5.74, 6) is 1.06. The highest BCUT2D eigenvalue weighted by atomic mass is 16.5. The summed E-state index contributed by atoms with van der Waals surface area (Å²) in [5.41, 5.74) is 5.09. The van der Waals surface area contributed by atoms with Crippen molar-refractivity contribution in [2.24, 2.45) is 5.10 Å². The van der Waals surface area contributed by atoms with Crippen molar-refractivity contribution in [3.05, 3.63) is 59.2 Å². The Bertz CT molecular complexity index is 737. The van der Waals surface area contributed by atoms with E-state index < -0.39 is 0 Å². The van der Waals surface area contributed by atoms with Crippen LogP contribution in [-0.2, 0) is 5.41 Å². The van der Waals surface area contributed by atoms with Crippen molar-refractivity contribution in [3.63, 3.8) is 0 Å². The fourth-order valence-corrected chi connectivity index (χ4v) is 2.26. The molecule has 1 amide bonds. The van der Waals surface area contributed by atoms with Gasteiger partial charge in [0, 0.05) is 17.2 Å². The number of methoxy groups -OCH3 is 2. The van der Waals surface area contributed by atoms with Gasteiger partial charge in [0.05, 0.1) is 20.4 Å². The standard InChI is InChI=1S/C20H24N2O3/c1-20(2,3)16-8-6-15(7-9-16)19(23)22-21-13-14-10-17(24-4)12-18(11-14)25-5/h6-13H,1-5H3,(H,22,23)/b21-13-. The number of carbonyl (C=O) groups excluding carboxylic acids is 1. The third kappa shape index (κ3) is 5.08. The Balaban J connectivity index is 2.05. The molecule has 25 heavy (non-hydrogen) atoms. The molecule has 1 N–H and O–H groups in total. The highest BCUT2D eigenvalue weighted by Gasteiger charge is 2.14. The zero-order chi connectivity index (χ0) is 18.4. The molecular weight excluding hydrogens is 316 g/mol. The zero-order valence-corrected chi connectivity index (χ0v) is 15.3. The molecule has 0 aromatic heterocycles. The van der Waals surface area contributed by atoms with Gasteiger partial charge in [0.15, 0.2) is 0 Å². The number of carbonyl (C=O) groups is 1. The molecule has 2 aromatic carbocycles. The number of benzene rings is 2. The predicted octanol–water partition coefficient (Wildman–Crippen LogP) is 3.77. The van der Waals surface area contributed by atoms with Crippen LogP contribution in [-0.4, -0.2) is 26.3 Å². The topological polar surface area (TPSA) is 59.9 Å². The summed E-state index contributed by atoms with van der Waals surface area (Å²) in [6.45, 7) is 6.40. The van der Waals surface area contributed by atoms with Gasteiger partial charge in [-0.15, -0.1) is 0 Å². The van der Waals surface area contributed by atoms with Crippen molar-refractivity contribution in [2.75, 3.05) is 14.2 Å². The lowest BCUT2D eigenvalue weighted by atomic mass is 9.87. The minimum atomic E-state index is -0.258. The van der Waals surface area contributed by atoms with E-state index >= 15 is 0 Å². The van der Waals surface area contributed by atoms with E-state index in [9.17, 15) is 4.79 Å². The quantitative estimate of drug-likeness (QED) is 0.666. The molecule has 2 aromatic rings. The second kappa shape index (κ2) is 7.83. The van der Waals surface area contributed by atoms with Gasteiger partial charge >= 0.3 is 0 Å². The van der Waals surface area contributed by atoms with Crippen molar-refractivity contribution in [1.82, 2.24) is 5.43 Å². The van der Waals surface area contributed by atoms with E-state index in [4.69, 9.17) is 9.47 Å². The number of amides is 1. The first kappa shape index (κ1) is 18.5. The second-order valence-electron chi connectivity index (χ2n) is 6.67. The maximum absolute atomic E-state index is 12.2. The lowest BCUT2D eigenvalue weighted by Gasteiger charge is -2.18.